The molecule has 0 spiro atoms. The van der Waals surface area contributed by atoms with Crippen LogP contribution in [0.25, 0.3) is 5.69 Å². The summed E-state index contributed by atoms with van der Waals surface area (Å²) >= 11 is 0. The average molecular weight is 430 g/mol. The molecule has 10 nitrogen and oxygen atoms in total. The summed E-state index contributed by atoms with van der Waals surface area (Å²) in [6, 6.07) is 13.2. The Kier molecular flexibility index (Phi) is 6.31. The molecule has 3 rings (SSSR count). The van der Waals surface area contributed by atoms with Crippen LogP contribution < -0.4 is 14.8 Å². The number of aromatic nitrogens is 4. The van der Waals surface area contributed by atoms with Gasteiger partial charge in [0.15, 0.2) is 5.82 Å². The Morgan fingerprint density at radius 2 is 1.87 bits per heavy atom. The highest BCUT2D eigenvalue weighted by Crippen LogP contribution is 2.18. The summed E-state index contributed by atoms with van der Waals surface area (Å²) in [7, 11) is -3.89. The number of nitrogens with zero attached hydrogens (tertiary/aromatic N) is 4. The van der Waals surface area contributed by atoms with Crippen molar-refractivity contribution in [3.05, 3.63) is 54.4 Å². The molecule has 0 radical (unpaired) electrons. The number of ether oxygens (including phenoxy) is 1. The standard InChI is InChI=1S/C19H22N6O4S/c1-13(2)29-18-9-7-15(8-10-18)22-30(27,28)12-19(26)20-16-5-4-6-17(11-16)25-14(3)21-23-24-25/h4-11,13,22H,12H2,1-3H3,(H,20,26). The number of sulfonamides is 1. The van der Waals surface area contributed by atoms with Crippen molar-refractivity contribution < 1.29 is 17.9 Å². The molecule has 3 aromatic rings. The summed E-state index contributed by atoms with van der Waals surface area (Å²) in [5.74, 6) is -0.197. The van der Waals surface area contributed by atoms with Crippen molar-refractivity contribution in [3.63, 3.8) is 0 Å². The zero-order valence-corrected chi connectivity index (χ0v) is 17.5. The lowest BCUT2D eigenvalue weighted by atomic mass is 10.2. The second-order valence-electron chi connectivity index (χ2n) is 6.79. The summed E-state index contributed by atoms with van der Waals surface area (Å²) in [5.41, 5.74) is 1.41. The molecule has 0 atom stereocenters. The van der Waals surface area contributed by atoms with Crippen LogP contribution in [0.3, 0.4) is 0 Å². The lowest BCUT2D eigenvalue weighted by Gasteiger charge is -2.12. The highest BCUT2D eigenvalue weighted by molar-refractivity contribution is 7.93. The molecule has 1 aromatic heterocycles. The molecule has 0 bridgehead atoms. The van der Waals surface area contributed by atoms with E-state index in [0.717, 1.165) is 0 Å². The maximum absolute atomic E-state index is 12.3. The van der Waals surface area contributed by atoms with E-state index in [1.807, 2.05) is 13.8 Å². The van der Waals surface area contributed by atoms with Gasteiger partial charge in [0.2, 0.25) is 15.9 Å². The van der Waals surface area contributed by atoms with E-state index < -0.39 is 21.7 Å². The van der Waals surface area contributed by atoms with Crippen LogP contribution in [-0.2, 0) is 14.8 Å². The molecule has 0 saturated carbocycles. The Morgan fingerprint density at radius 1 is 1.13 bits per heavy atom. The Bertz CT molecular complexity index is 1130. The van der Waals surface area contributed by atoms with Crippen LogP contribution in [-0.4, -0.2) is 46.4 Å². The van der Waals surface area contributed by atoms with Gasteiger partial charge in [-0.05, 0) is 73.7 Å². The molecule has 0 aliphatic carbocycles. The third-order valence-electron chi connectivity index (χ3n) is 3.82. The molecule has 0 aliphatic heterocycles. The predicted molar refractivity (Wildman–Crippen MR) is 112 cm³/mol. The number of benzene rings is 2. The SMILES string of the molecule is Cc1nnnn1-c1cccc(NC(=O)CS(=O)(=O)Nc2ccc(OC(C)C)cc2)c1. The minimum absolute atomic E-state index is 0.0134. The fourth-order valence-electron chi connectivity index (χ4n) is 2.64. The monoisotopic (exact) mass is 430 g/mol. The maximum Gasteiger partial charge on any atom is 0.241 e. The van der Waals surface area contributed by atoms with Gasteiger partial charge in [0.05, 0.1) is 11.8 Å². The number of tetrazole rings is 1. The molecule has 30 heavy (non-hydrogen) atoms. The summed E-state index contributed by atoms with van der Waals surface area (Å²) in [4.78, 5) is 12.3. The van der Waals surface area contributed by atoms with Crippen LogP contribution in [0.2, 0.25) is 0 Å². The second kappa shape index (κ2) is 8.91. The first-order valence-corrected chi connectivity index (χ1v) is 10.8. The van der Waals surface area contributed by atoms with E-state index in [2.05, 4.69) is 25.6 Å². The van der Waals surface area contributed by atoms with Gasteiger partial charge in [-0.25, -0.2) is 8.42 Å². The maximum atomic E-state index is 12.3. The number of aryl methyl sites for hydroxylation is 1. The molecule has 2 N–H and O–H groups in total. The third kappa shape index (κ3) is 5.77. The zero-order chi connectivity index (χ0) is 21.7. The van der Waals surface area contributed by atoms with Gasteiger partial charge >= 0.3 is 0 Å². The van der Waals surface area contributed by atoms with Crippen LogP contribution in [0.15, 0.2) is 48.5 Å². The largest absolute Gasteiger partial charge is 0.491 e. The Morgan fingerprint density at radius 3 is 2.50 bits per heavy atom. The van der Waals surface area contributed by atoms with Gasteiger partial charge in [0.25, 0.3) is 0 Å². The molecule has 158 valence electrons. The van der Waals surface area contributed by atoms with E-state index in [4.69, 9.17) is 4.74 Å². The lowest BCUT2D eigenvalue weighted by Crippen LogP contribution is -2.27. The molecule has 0 unspecified atom stereocenters. The van der Waals surface area contributed by atoms with Crippen molar-refractivity contribution in [1.82, 2.24) is 20.2 Å². The molecule has 11 heteroatoms. The number of rotatable bonds is 8. The van der Waals surface area contributed by atoms with E-state index >= 15 is 0 Å². The number of carbonyl (C=O) groups is 1. The van der Waals surface area contributed by atoms with Crippen LogP contribution in [0.4, 0.5) is 11.4 Å². The van der Waals surface area contributed by atoms with Crippen molar-refractivity contribution in [1.29, 1.82) is 0 Å². The number of nitrogens with one attached hydrogen (secondary N) is 2. The van der Waals surface area contributed by atoms with Crippen molar-refractivity contribution in [2.45, 2.75) is 26.9 Å². The fourth-order valence-corrected chi connectivity index (χ4v) is 3.63. The van der Waals surface area contributed by atoms with Gasteiger partial charge < -0.3 is 10.1 Å². The van der Waals surface area contributed by atoms with Gasteiger partial charge in [-0.2, -0.15) is 4.68 Å². The van der Waals surface area contributed by atoms with Crippen molar-refractivity contribution in [2.24, 2.45) is 0 Å². The van der Waals surface area contributed by atoms with Gasteiger partial charge in [0.1, 0.15) is 11.5 Å². The highest BCUT2D eigenvalue weighted by Gasteiger charge is 2.17. The quantitative estimate of drug-likeness (QED) is 0.560. The number of carbonyl (C=O) groups excluding carboxylic acids is 1. The van der Waals surface area contributed by atoms with Crippen molar-refractivity contribution in [2.75, 3.05) is 15.8 Å². The van der Waals surface area contributed by atoms with E-state index in [9.17, 15) is 13.2 Å². The van der Waals surface area contributed by atoms with E-state index in [1.165, 1.54) is 4.68 Å². The molecule has 2 aromatic carbocycles. The van der Waals surface area contributed by atoms with Gasteiger partial charge in [-0.1, -0.05) is 6.07 Å². The lowest BCUT2D eigenvalue weighted by molar-refractivity contribution is -0.113. The summed E-state index contributed by atoms with van der Waals surface area (Å²) in [6.45, 7) is 5.54. The summed E-state index contributed by atoms with van der Waals surface area (Å²) in [6.07, 6.45) is 0.0134. The minimum Gasteiger partial charge on any atom is -0.491 e. The van der Waals surface area contributed by atoms with Gasteiger partial charge in [0, 0.05) is 11.4 Å². The smallest absolute Gasteiger partial charge is 0.241 e. The van der Waals surface area contributed by atoms with Crippen LogP contribution in [0.5, 0.6) is 5.75 Å². The molecular formula is C19H22N6O4S. The normalized spacial score (nSPS) is 11.3. The summed E-state index contributed by atoms with van der Waals surface area (Å²) in [5, 5.41) is 13.8. The molecule has 1 amide bonds. The zero-order valence-electron chi connectivity index (χ0n) is 16.7. The number of hydrogen-bond acceptors (Lipinski definition) is 7. The van der Waals surface area contributed by atoms with Crippen LogP contribution >= 0.6 is 0 Å². The highest BCUT2D eigenvalue weighted by atomic mass is 32.2. The molecule has 0 saturated heterocycles. The van der Waals surface area contributed by atoms with E-state index in [0.29, 0.717) is 28.6 Å². The number of anilines is 2. The van der Waals surface area contributed by atoms with Crippen LogP contribution in [0, 0.1) is 6.92 Å². The average Bonchev–Trinajstić information content (AvgIpc) is 3.08. The van der Waals surface area contributed by atoms with Gasteiger partial charge in [-0.3, -0.25) is 9.52 Å². The third-order valence-corrected chi connectivity index (χ3v) is 5.01. The Hall–Kier alpha value is -3.47. The van der Waals surface area contributed by atoms with Gasteiger partial charge in [-0.15, -0.1) is 5.10 Å². The topological polar surface area (TPSA) is 128 Å². The first-order valence-electron chi connectivity index (χ1n) is 9.14. The van der Waals surface area contributed by atoms with Crippen molar-refractivity contribution >= 4 is 27.3 Å². The molecule has 0 fully saturated rings. The first kappa shape index (κ1) is 21.2. The predicted octanol–water partition coefficient (Wildman–Crippen LogP) is 2.14. The second-order valence-corrected chi connectivity index (χ2v) is 8.51. The summed E-state index contributed by atoms with van der Waals surface area (Å²) < 4.78 is 34.1. The fraction of sp³-hybridized carbons (Fsp3) is 0.263. The van der Waals surface area contributed by atoms with Crippen LogP contribution in [0.1, 0.15) is 19.7 Å². The van der Waals surface area contributed by atoms with Crippen molar-refractivity contribution in [3.8, 4) is 11.4 Å². The molecule has 1 heterocycles. The first-order chi connectivity index (χ1) is 14.2. The van der Waals surface area contributed by atoms with E-state index in [-0.39, 0.29) is 6.10 Å². The Labute approximate surface area is 174 Å². The number of hydrogen-bond donors (Lipinski definition) is 2. The van der Waals surface area contributed by atoms with E-state index in [1.54, 1.807) is 55.5 Å². The molecular weight excluding hydrogens is 408 g/mol. The number of amides is 1. The molecule has 0 aliphatic rings. The Balaban J connectivity index is 1.62. The minimum atomic E-state index is -3.89.